The van der Waals surface area contributed by atoms with Gasteiger partial charge in [-0.15, -0.1) is 5.10 Å². The summed E-state index contributed by atoms with van der Waals surface area (Å²) in [6, 6.07) is 7.83. The number of rotatable bonds is 4. The molecule has 1 atom stereocenters. The third kappa shape index (κ3) is 3.04. The normalized spacial score (nSPS) is 16.0. The van der Waals surface area contributed by atoms with Crippen LogP contribution in [0.3, 0.4) is 0 Å². The van der Waals surface area contributed by atoms with Gasteiger partial charge in [-0.2, -0.15) is 5.26 Å². The molecule has 1 aromatic heterocycles. The number of nitrogens with two attached hydrogens (primary N) is 1. The number of nitrogens with zero attached hydrogens (tertiary/aromatic N) is 2. The maximum absolute atomic E-state index is 13.7. The first-order valence-electron chi connectivity index (χ1n) is 7.61. The van der Waals surface area contributed by atoms with E-state index in [1.54, 1.807) is 13.0 Å². The quantitative estimate of drug-likeness (QED) is 0.820. The van der Waals surface area contributed by atoms with E-state index in [2.05, 4.69) is 10.2 Å². The monoisotopic (exact) mass is 342 g/mol. The molecule has 8 heteroatoms. The first-order chi connectivity index (χ1) is 12.0. The van der Waals surface area contributed by atoms with E-state index in [9.17, 15) is 14.4 Å². The minimum atomic E-state index is -0.687. The number of aromatic nitrogens is 2. The summed E-state index contributed by atoms with van der Waals surface area (Å²) >= 11 is 0. The van der Waals surface area contributed by atoms with Gasteiger partial charge in [-0.3, -0.25) is 9.89 Å². The summed E-state index contributed by atoms with van der Waals surface area (Å²) in [5, 5.41) is 16.2. The number of halogens is 1. The third-order valence-electron chi connectivity index (χ3n) is 3.83. The Bertz CT molecular complexity index is 898. The molecule has 128 valence electrons. The molecule has 1 aliphatic rings. The molecule has 0 bridgehead atoms. The van der Waals surface area contributed by atoms with Crippen LogP contribution in [0.25, 0.3) is 0 Å². The van der Waals surface area contributed by atoms with Crippen LogP contribution in [-0.2, 0) is 16.0 Å². The molecule has 3 rings (SSSR count). The molecule has 1 aliphatic heterocycles. The Labute approximate surface area is 142 Å². The van der Waals surface area contributed by atoms with Crippen molar-refractivity contribution in [1.29, 1.82) is 5.26 Å². The van der Waals surface area contributed by atoms with Crippen molar-refractivity contribution in [2.45, 2.75) is 19.3 Å². The van der Waals surface area contributed by atoms with Crippen LogP contribution in [0.15, 0.2) is 35.7 Å². The number of allylic oxidation sites excluding steroid dienone is 1. The Morgan fingerprint density at radius 1 is 1.56 bits per heavy atom. The number of H-pyrrole nitrogens is 1. The first kappa shape index (κ1) is 16.5. The lowest BCUT2D eigenvalue weighted by Gasteiger charge is -2.24. The predicted octanol–water partition coefficient (Wildman–Crippen LogP) is 1.87. The van der Waals surface area contributed by atoms with Gasteiger partial charge in [0.05, 0.1) is 30.2 Å². The number of aromatic amines is 1. The van der Waals surface area contributed by atoms with Gasteiger partial charge in [-0.05, 0) is 24.6 Å². The highest BCUT2D eigenvalue weighted by atomic mass is 19.1. The average molecular weight is 342 g/mol. The van der Waals surface area contributed by atoms with Gasteiger partial charge >= 0.3 is 5.97 Å². The number of hydrogen-bond acceptors (Lipinski definition) is 6. The fourth-order valence-electron chi connectivity index (χ4n) is 2.82. The van der Waals surface area contributed by atoms with Gasteiger partial charge in [0.2, 0.25) is 11.8 Å². The molecule has 0 aliphatic carbocycles. The zero-order valence-electron chi connectivity index (χ0n) is 13.4. The predicted molar refractivity (Wildman–Crippen MR) is 84.6 cm³/mol. The van der Waals surface area contributed by atoms with Crippen molar-refractivity contribution in [2.24, 2.45) is 5.73 Å². The number of carbonyl (C=O) groups excluding carboxylic acids is 1. The van der Waals surface area contributed by atoms with Gasteiger partial charge in [0.1, 0.15) is 17.5 Å². The zero-order valence-corrected chi connectivity index (χ0v) is 13.4. The highest BCUT2D eigenvalue weighted by molar-refractivity contribution is 5.73. The summed E-state index contributed by atoms with van der Waals surface area (Å²) in [7, 11) is 0. The zero-order chi connectivity index (χ0) is 18.0. The molecule has 0 amide bonds. The molecule has 7 nitrogen and oxygen atoms in total. The highest BCUT2D eigenvalue weighted by Crippen LogP contribution is 2.42. The Balaban J connectivity index is 2.12. The number of esters is 1. The van der Waals surface area contributed by atoms with Crippen molar-refractivity contribution >= 4 is 5.97 Å². The van der Waals surface area contributed by atoms with Crippen LogP contribution in [0.5, 0.6) is 5.88 Å². The smallest absolute Gasteiger partial charge is 0.311 e. The van der Waals surface area contributed by atoms with Gasteiger partial charge in [0.15, 0.2) is 0 Å². The van der Waals surface area contributed by atoms with Gasteiger partial charge in [0, 0.05) is 0 Å². The molecule has 1 aromatic carbocycles. The van der Waals surface area contributed by atoms with E-state index >= 15 is 0 Å². The van der Waals surface area contributed by atoms with Crippen molar-refractivity contribution in [3.63, 3.8) is 0 Å². The van der Waals surface area contributed by atoms with Gasteiger partial charge < -0.3 is 15.2 Å². The molecule has 0 saturated carbocycles. The fourth-order valence-corrected chi connectivity index (χ4v) is 2.82. The van der Waals surface area contributed by atoms with E-state index in [0.29, 0.717) is 16.8 Å². The van der Waals surface area contributed by atoms with E-state index in [-0.39, 0.29) is 30.4 Å². The molecular formula is C17H15FN4O3. The lowest BCUT2D eigenvalue weighted by Crippen LogP contribution is -2.22. The molecule has 0 fully saturated rings. The molecule has 0 saturated heterocycles. The summed E-state index contributed by atoms with van der Waals surface area (Å²) in [5.74, 6) is -1.53. The number of nitrogens with one attached hydrogen (secondary N) is 1. The molecule has 25 heavy (non-hydrogen) atoms. The van der Waals surface area contributed by atoms with Crippen LogP contribution in [0, 0.1) is 17.1 Å². The van der Waals surface area contributed by atoms with Crippen molar-refractivity contribution in [3.8, 4) is 11.9 Å². The molecule has 2 heterocycles. The maximum Gasteiger partial charge on any atom is 0.311 e. The molecule has 0 radical (unpaired) electrons. The number of carbonyl (C=O) groups is 1. The first-order valence-corrected chi connectivity index (χ1v) is 7.61. The van der Waals surface area contributed by atoms with E-state index < -0.39 is 17.7 Å². The van der Waals surface area contributed by atoms with E-state index in [1.807, 2.05) is 6.07 Å². The summed E-state index contributed by atoms with van der Waals surface area (Å²) in [5.41, 5.74) is 7.37. The second kappa shape index (κ2) is 6.65. The largest absolute Gasteiger partial charge is 0.466 e. The molecule has 0 spiro atoms. The van der Waals surface area contributed by atoms with E-state index in [0.717, 1.165) is 0 Å². The van der Waals surface area contributed by atoms with Crippen LogP contribution in [-0.4, -0.2) is 22.8 Å². The number of hydrogen-bond donors (Lipinski definition) is 2. The van der Waals surface area contributed by atoms with E-state index in [4.69, 9.17) is 15.2 Å². The average Bonchev–Trinajstić information content (AvgIpc) is 2.96. The maximum atomic E-state index is 13.7. The van der Waals surface area contributed by atoms with Crippen LogP contribution in [0.4, 0.5) is 4.39 Å². The molecule has 0 unspecified atom stereocenters. The van der Waals surface area contributed by atoms with Crippen LogP contribution < -0.4 is 10.5 Å². The van der Waals surface area contributed by atoms with Gasteiger partial charge in [-0.25, -0.2) is 4.39 Å². The van der Waals surface area contributed by atoms with Crippen LogP contribution in [0.2, 0.25) is 0 Å². The number of nitriles is 1. The summed E-state index contributed by atoms with van der Waals surface area (Å²) < 4.78 is 24.0. The van der Waals surface area contributed by atoms with Gasteiger partial charge in [-0.1, -0.05) is 12.1 Å². The summed E-state index contributed by atoms with van der Waals surface area (Å²) in [6.45, 7) is 1.95. The van der Waals surface area contributed by atoms with E-state index in [1.165, 1.54) is 18.2 Å². The lowest BCUT2D eigenvalue weighted by atomic mass is 9.83. The molecular weight excluding hydrogens is 327 g/mol. The molecule has 2 aromatic rings. The summed E-state index contributed by atoms with van der Waals surface area (Å²) in [6.07, 6.45) is -0.0794. The SMILES string of the molecule is CCOC(=O)Cc1[nH]nc2c1[C@@H](c1cccc(F)c1)C(C#N)=C(N)O2. The number of fused-ring (bicyclic) bond motifs is 1. The van der Waals surface area contributed by atoms with Crippen molar-refractivity contribution in [3.05, 3.63) is 58.4 Å². The van der Waals surface area contributed by atoms with Crippen LogP contribution in [0.1, 0.15) is 29.7 Å². The van der Waals surface area contributed by atoms with Crippen molar-refractivity contribution in [1.82, 2.24) is 10.2 Å². The topological polar surface area (TPSA) is 114 Å². The Hall–Kier alpha value is -3.34. The Morgan fingerprint density at radius 3 is 3.04 bits per heavy atom. The standard InChI is InChI=1S/C17H15FN4O3/c1-2-24-13(23)7-12-15-14(9-4-3-5-10(18)6-9)11(8-19)16(20)25-17(15)22-21-12/h3-6,14H,2,7,20H2,1H3,(H,21,22)/t14-/m0/s1. The van der Waals surface area contributed by atoms with Crippen molar-refractivity contribution < 1.29 is 18.7 Å². The Kier molecular flexibility index (Phi) is 4.39. The summed E-state index contributed by atoms with van der Waals surface area (Å²) in [4.78, 5) is 11.8. The minimum Gasteiger partial charge on any atom is -0.466 e. The second-order valence-electron chi connectivity index (χ2n) is 5.38. The number of benzene rings is 1. The van der Waals surface area contributed by atoms with Crippen LogP contribution >= 0.6 is 0 Å². The lowest BCUT2D eigenvalue weighted by molar-refractivity contribution is -0.142. The number of ether oxygens (including phenoxy) is 2. The second-order valence-corrected chi connectivity index (χ2v) is 5.38. The third-order valence-corrected chi connectivity index (χ3v) is 3.83. The van der Waals surface area contributed by atoms with Gasteiger partial charge in [0.25, 0.3) is 0 Å². The Morgan fingerprint density at radius 2 is 2.36 bits per heavy atom. The minimum absolute atomic E-state index is 0.0794. The van der Waals surface area contributed by atoms with Crippen molar-refractivity contribution in [2.75, 3.05) is 6.61 Å². The highest BCUT2D eigenvalue weighted by Gasteiger charge is 2.35. The molecule has 3 N–H and O–H groups in total. The fraction of sp³-hybridized carbons (Fsp3) is 0.235.